The van der Waals surface area contributed by atoms with Crippen molar-refractivity contribution in [1.82, 2.24) is 24.6 Å². The SMILES string of the molecule is Cc1cn2cc(CNC(=O)c3ccc(CN(C)C(C)c4ccco4)[nH]c3=O)nc2s1. The lowest BCUT2D eigenvalue weighted by atomic mass is 10.2. The molecule has 1 unspecified atom stereocenters. The maximum atomic E-state index is 12.5. The molecule has 9 heteroatoms. The maximum absolute atomic E-state index is 12.5. The summed E-state index contributed by atoms with van der Waals surface area (Å²) in [5, 5.41) is 2.77. The molecule has 0 bridgehead atoms. The Morgan fingerprint density at radius 3 is 2.90 bits per heavy atom. The quantitative estimate of drug-likeness (QED) is 0.474. The number of carbonyl (C=O) groups is 1. The molecule has 2 N–H and O–H groups in total. The van der Waals surface area contributed by atoms with Crippen LogP contribution in [0, 0.1) is 6.92 Å². The fourth-order valence-electron chi connectivity index (χ4n) is 3.25. The van der Waals surface area contributed by atoms with Gasteiger partial charge in [-0.25, -0.2) is 4.98 Å². The number of hydrogen-bond donors (Lipinski definition) is 2. The molecule has 4 heterocycles. The molecule has 1 atom stereocenters. The minimum absolute atomic E-state index is 0.0554. The van der Waals surface area contributed by atoms with Gasteiger partial charge in [0.25, 0.3) is 11.5 Å². The van der Waals surface area contributed by atoms with Gasteiger partial charge in [-0.3, -0.25) is 18.9 Å². The highest BCUT2D eigenvalue weighted by atomic mass is 32.1. The summed E-state index contributed by atoms with van der Waals surface area (Å²) in [4.78, 5) is 36.3. The van der Waals surface area contributed by atoms with Gasteiger partial charge in [0.05, 0.1) is 24.5 Å². The summed E-state index contributed by atoms with van der Waals surface area (Å²) >= 11 is 1.59. The first-order valence-electron chi connectivity index (χ1n) is 9.59. The average Bonchev–Trinajstić information content (AvgIpc) is 3.42. The number of carbonyl (C=O) groups excluding carboxylic acids is 1. The van der Waals surface area contributed by atoms with Gasteiger partial charge in [0, 0.05) is 29.5 Å². The van der Waals surface area contributed by atoms with Crippen molar-refractivity contribution in [3.8, 4) is 0 Å². The fourth-order valence-corrected chi connectivity index (χ4v) is 4.08. The zero-order valence-electron chi connectivity index (χ0n) is 17.0. The van der Waals surface area contributed by atoms with Crippen LogP contribution in [-0.2, 0) is 13.1 Å². The van der Waals surface area contributed by atoms with Crippen molar-refractivity contribution in [2.45, 2.75) is 33.0 Å². The second kappa shape index (κ2) is 8.29. The predicted octanol–water partition coefficient (Wildman–Crippen LogP) is 3.11. The zero-order chi connectivity index (χ0) is 21.3. The number of pyridine rings is 1. The molecule has 0 aromatic carbocycles. The van der Waals surface area contributed by atoms with E-state index in [9.17, 15) is 9.59 Å². The molecule has 0 spiro atoms. The van der Waals surface area contributed by atoms with E-state index in [1.54, 1.807) is 29.7 Å². The second-order valence-electron chi connectivity index (χ2n) is 7.28. The van der Waals surface area contributed by atoms with Crippen LogP contribution in [0.5, 0.6) is 0 Å². The number of aromatic amines is 1. The molecule has 0 aliphatic heterocycles. The van der Waals surface area contributed by atoms with E-state index in [1.807, 2.05) is 49.8 Å². The van der Waals surface area contributed by atoms with E-state index in [1.165, 1.54) is 4.88 Å². The van der Waals surface area contributed by atoms with E-state index in [4.69, 9.17) is 4.42 Å². The zero-order valence-corrected chi connectivity index (χ0v) is 17.8. The molecule has 4 aromatic rings. The van der Waals surface area contributed by atoms with Crippen LogP contribution < -0.4 is 10.9 Å². The molecule has 4 rings (SSSR count). The van der Waals surface area contributed by atoms with Crippen LogP contribution in [0.4, 0.5) is 0 Å². The fraction of sp³-hybridized carbons (Fsp3) is 0.286. The third-order valence-corrected chi connectivity index (χ3v) is 5.91. The Balaban J connectivity index is 1.38. The van der Waals surface area contributed by atoms with Crippen molar-refractivity contribution in [2.75, 3.05) is 7.05 Å². The van der Waals surface area contributed by atoms with Gasteiger partial charge in [-0.05, 0) is 45.2 Å². The topological polar surface area (TPSA) is 95.6 Å². The summed E-state index contributed by atoms with van der Waals surface area (Å²) in [6, 6.07) is 7.14. The molecule has 1 amide bonds. The smallest absolute Gasteiger partial charge is 0.261 e. The minimum Gasteiger partial charge on any atom is -0.468 e. The van der Waals surface area contributed by atoms with Gasteiger partial charge in [-0.2, -0.15) is 0 Å². The normalized spacial score (nSPS) is 12.5. The number of hydrogen-bond acceptors (Lipinski definition) is 6. The molecule has 0 saturated carbocycles. The number of furan rings is 1. The van der Waals surface area contributed by atoms with Gasteiger partial charge in [0.15, 0.2) is 4.96 Å². The van der Waals surface area contributed by atoms with Crippen molar-refractivity contribution >= 4 is 22.2 Å². The van der Waals surface area contributed by atoms with Gasteiger partial charge in [0.1, 0.15) is 11.3 Å². The molecular weight excluding hydrogens is 402 g/mol. The standard InChI is InChI=1S/C21H23N5O3S/c1-13-10-26-12-16(24-21(26)30-13)9-22-19(27)17-7-6-15(23-20(17)28)11-25(3)14(2)18-5-4-8-29-18/h4-8,10,12,14H,9,11H2,1-3H3,(H,22,27)(H,23,28). The molecule has 156 valence electrons. The van der Waals surface area contributed by atoms with Gasteiger partial charge in [0.2, 0.25) is 0 Å². The van der Waals surface area contributed by atoms with Crippen LogP contribution in [-0.4, -0.2) is 32.2 Å². The van der Waals surface area contributed by atoms with Crippen LogP contribution in [0.25, 0.3) is 4.96 Å². The number of nitrogens with zero attached hydrogens (tertiary/aromatic N) is 3. The number of rotatable bonds is 7. The highest BCUT2D eigenvalue weighted by molar-refractivity contribution is 7.16. The number of aryl methyl sites for hydroxylation is 1. The molecule has 0 aliphatic carbocycles. The van der Waals surface area contributed by atoms with Crippen molar-refractivity contribution in [1.29, 1.82) is 0 Å². The Labute approximate surface area is 177 Å². The number of nitrogens with one attached hydrogen (secondary N) is 2. The van der Waals surface area contributed by atoms with Gasteiger partial charge < -0.3 is 14.7 Å². The summed E-state index contributed by atoms with van der Waals surface area (Å²) in [6.45, 7) is 4.83. The number of thiazole rings is 1. The first kappa shape index (κ1) is 20.1. The Hall–Kier alpha value is -3.17. The highest BCUT2D eigenvalue weighted by Gasteiger charge is 2.16. The predicted molar refractivity (Wildman–Crippen MR) is 115 cm³/mol. The summed E-state index contributed by atoms with van der Waals surface area (Å²) in [6.07, 6.45) is 5.51. The lowest BCUT2D eigenvalue weighted by molar-refractivity contribution is 0.0949. The molecule has 0 saturated heterocycles. The third-order valence-electron chi connectivity index (χ3n) is 5.00. The van der Waals surface area contributed by atoms with E-state index >= 15 is 0 Å². The summed E-state index contributed by atoms with van der Waals surface area (Å²) in [5.74, 6) is 0.429. The van der Waals surface area contributed by atoms with Crippen LogP contribution in [0.15, 0.2) is 52.1 Å². The number of amides is 1. The monoisotopic (exact) mass is 425 g/mol. The molecule has 8 nitrogen and oxygen atoms in total. The van der Waals surface area contributed by atoms with E-state index < -0.39 is 11.5 Å². The molecule has 0 aliphatic rings. The Bertz CT molecular complexity index is 1190. The van der Waals surface area contributed by atoms with Crippen LogP contribution >= 0.6 is 11.3 Å². The second-order valence-corrected chi connectivity index (χ2v) is 8.49. The molecule has 30 heavy (non-hydrogen) atoms. The summed E-state index contributed by atoms with van der Waals surface area (Å²) in [5.41, 5.74) is 1.14. The largest absolute Gasteiger partial charge is 0.468 e. The first-order chi connectivity index (χ1) is 14.4. The molecule has 0 radical (unpaired) electrons. The summed E-state index contributed by atoms with van der Waals surface area (Å²) < 4.78 is 7.37. The van der Waals surface area contributed by atoms with Crippen LogP contribution in [0.1, 0.15) is 45.3 Å². The van der Waals surface area contributed by atoms with E-state index in [-0.39, 0.29) is 18.2 Å². The van der Waals surface area contributed by atoms with Crippen molar-refractivity contribution in [3.05, 3.63) is 80.9 Å². The average molecular weight is 426 g/mol. The number of H-pyrrole nitrogens is 1. The van der Waals surface area contributed by atoms with Gasteiger partial charge >= 0.3 is 0 Å². The van der Waals surface area contributed by atoms with Gasteiger partial charge in [-0.15, -0.1) is 11.3 Å². The Morgan fingerprint density at radius 2 is 2.20 bits per heavy atom. The number of fused-ring (bicyclic) bond motifs is 1. The van der Waals surface area contributed by atoms with Crippen molar-refractivity contribution < 1.29 is 9.21 Å². The third kappa shape index (κ3) is 4.22. The summed E-state index contributed by atoms with van der Waals surface area (Å²) in [7, 11) is 1.95. The molecule has 4 aromatic heterocycles. The maximum Gasteiger partial charge on any atom is 0.261 e. The van der Waals surface area contributed by atoms with E-state index in [0.717, 1.165) is 22.1 Å². The lowest BCUT2D eigenvalue weighted by Crippen LogP contribution is -2.30. The number of imidazole rings is 1. The van der Waals surface area contributed by atoms with E-state index in [0.29, 0.717) is 6.54 Å². The Morgan fingerprint density at radius 1 is 1.37 bits per heavy atom. The van der Waals surface area contributed by atoms with E-state index in [2.05, 4.69) is 20.2 Å². The molecular formula is C21H23N5O3S. The number of aromatic nitrogens is 3. The van der Waals surface area contributed by atoms with Crippen LogP contribution in [0.3, 0.4) is 0 Å². The van der Waals surface area contributed by atoms with Crippen molar-refractivity contribution in [3.63, 3.8) is 0 Å². The van der Waals surface area contributed by atoms with Crippen LogP contribution in [0.2, 0.25) is 0 Å². The highest BCUT2D eigenvalue weighted by Crippen LogP contribution is 2.20. The molecule has 0 fully saturated rings. The minimum atomic E-state index is -0.423. The lowest BCUT2D eigenvalue weighted by Gasteiger charge is -2.22. The first-order valence-corrected chi connectivity index (χ1v) is 10.4. The Kier molecular flexibility index (Phi) is 5.56. The van der Waals surface area contributed by atoms with Crippen molar-refractivity contribution in [2.24, 2.45) is 0 Å². The van der Waals surface area contributed by atoms with Gasteiger partial charge in [-0.1, -0.05) is 0 Å².